The van der Waals surface area contributed by atoms with E-state index in [-0.39, 0.29) is 0 Å². The molecule has 3 heterocycles. The predicted octanol–water partition coefficient (Wildman–Crippen LogP) is 1.68. The Labute approximate surface area is 114 Å². The lowest BCUT2D eigenvalue weighted by Gasteiger charge is -2.22. The van der Waals surface area contributed by atoms with Crippen molar-refractivity contribution >= 4 is 27.5 Å². The van der Waals surface area contributed by atoms with Crippen LogP contribution in [0.1, 0.15) is 12.8 Å². The molecule has 1 fully saturated rings. The van der Waals surface area contributed by atoms with Gasteiger partial charge >= 0.3 is 0 Å². The minimum absolute atomic E-state index is 0.506. The lowest BCUT2D eigenvalue weighted by Crippen LogP contribution is -2.37. The first-order chi connectivity index (χ1) is 8.79. The number of fused-ring (bicyclic) bond motifs is 1. The van der Waals surface area contributed by atoms with Crippen molar-refractivity contribution in [2.24, 2.45) is 0 Å². The zero-order valence-electron chi connectivity index (χ0n) is 10.3. The number of hydrogen-bond donors (Lipinski definition) is 1. The Morgan fingerprint density at radius 1 is 1.56 bits per heavy atom. The van der Waals surface area contributed by atoms with Crippen LogP contribution in [0, 0.1) is 0 Å². The van der Waals surface area contributed by atoms with E-state index in [0.717, 1.165) is 29.2 Å². The molecule has 96 valence electrons. The number of rotatable bonds is 3. The Hall–Kier alpha value is -1.14. The Morgan fingerprint density at radius 3 is 3.22 bits per heavy atom. The van der Waals surface area contributed by atoms with Crippen molar-refractivity contribution in [3.63, 3.8) is 0 Å². The topological polar surface area (TPSA) is 45.5 Å². The van der Waals surface area contributed by atoms with Gasteiger partial charge in [0.15, 0.2) is 5.65 Å². The first kappa shape index (κ1) is 11.9. The van der Waals surface area contributed by atoms with E-state index in [9.17, 15) is 0 Å². The highest BCUT2D eigenvalue weighted by molar-refractivity contribution is 9.10. The van der Waals surface area contributed by atoms with E-state index in [1.165, 1.54) is 12.8 Å². The lowest BCUT2D eigenvalue weighted by molar-refractivity contribution is 0.607. The van der Waals surface area contributed by atoms with Gasteiger partial charge in [0.05, 0.1) is 4.47 Å². The van der Waals surface area contributed by atoms with Crippen molar-refractivity contribution in [2.45, 2.75) is 18.9 Å². The summed E-state index contributed by atoms with van der Waals surface area (Å²) in [7, 11) is 1.99. The average Bonchev–Trinajstić information content (AvgIpc) is 2.95. The van der Waals surface area contributed by atoms with Crippen LogP contribution >= 0.6 is 15.9 Å². The zero-order chi connectivity index (χ0) is 12.5. The molecule has 6 heteroatoms. The third-order valence-corrected chi connectivity index (χ3v) is 4.00. The van der Waals surface area contributed by atoms with Crippen molar-refractivity contribution in [2.75, 3.05) is 25.0 Å². The first-order valence-corrected chi connectivity index (χ1v) is 7.01. The quantitative estimate of drug-likeness (QED) is 0.937. The zero-order valence-corrected chi connectivity index (χ0v) is 11.9. The van der Waals surface area contributed by atoms with Gasteiger partial charge in [-0.1, -0.05) is 0 Å². The fourth-order valence-corrected chi connectivity index (χ4v) is 2.95. The molecule has 0 bridgehead atoms. The van der Waals surface area contributed by atoms with Gasteiger partial charge in [-0.2, -0.15) is 4.98 Å². The molecule has 18 heavy (non-hydrogen) atoms. The smallest absolute Gasteiger partial charge is 0.246 e. The van der Waals surface area contributed by atoms with Crippen LogP contribution in [0.25, 0.3) is 5.65 Å². The van der Waals surface area contributed by atoms with E-state index in [1.807, 2.05) is 29.9 Å². The highest BCUT2D eigenvalue weighted by Gasteiger charge is 2.27. The molecular formula is C12H16BrN5. The van der Waals surface area contributed by atoms with Crippen LogP contribution in [0.15, 0.2) is 22.8 Å². The molecule has 5 nitrogen and oxygen atoms in total. The summed E-state index contributed by atoms with van der Waals surface area (Å²) in [5, 5.41) is 7.80. The van der Waals surface area contributed by atoms with E-state index in [4.69, 9.17) is 0 Å². The molecule has 0 radical (unpaired) electrons. The summed E-state index contributed by atoms with van der Waals surface area (Å²) in [4.78, 5) is 6.93. The van der Waals surface area contributed by atoms with E-state index < -0.39 is 0 Å². The van der Waals surface area contributed by atoms with Crippen LogP contribution in [-0.2, 0) is 0 Å². The predicted molar refractivity (Wildman–Crippen MR) is 75.0 cm³/mol. The van der Waals surface area contributed by atoms with Crippen molar-refractivity contribution < 1.29 is 0 Å². The van der Waals surface area contributed by atoms with Gasteiger partial charge < -0.3 is 10.2 Å². The van der Waals surface area contributed by atoms with Gasteiger partial charge in [-0.15, -0.1) is 5.10 Å². The summed E-state index contributed by atoms with van der Waals surface area (Å²) in [6.07, 6.45) is 4.35. The van der Waals surface area contributed by atoms with Crippen LogP contribution in [0.5, 0.6) is 0 Å². The van der Waals surface area contributed by atoms with E-state index in [0.29, 0.717) is 6.04 Å². The number of anilines is 1. The maximum atomic E-state index is 4.63. The van der Waals surface area contributed by atoms with Crippen LogP contribution in [-0.4, -0.2) is 40.8 Å². The molecule has 0 aromatic carbocycles. The monoisotopic (exact) mass is 309 g/mol. The fraction of sp³-hybridized carbons (Fsp3) is 0.500. The van der Waals surface area contributed by atoms with Gasteiger partial charge in [0.2, 0.25) is 5.95 Å². The van der Waals surface area contributed by atoms with Gasteiger partial charge in [-0.3, -0.25) is 0 Å². The molecule has 1 unspecified atom stereocenters. The summed E-state index contributed by atoms with van der Waals surface area (Å²) in [5.41, 5.74) is 0.877. The normalized spacial score (nSPS) is 19.9. The lowest BCUT2D eigenvalue weighted by atomic mass is 10.2. The SMILES string of the molecule is CNCC1CCCN1c1nc2c(Br)cccn2n1. The molecule has 2 aromatic heterocycles. The maximum Gasteiger partial charge on any atom is 0.246 e. The maximum absolute atomic E-state index is 4.63. The minimum Gasteiger partial charge on any atom is -0.335 e. The standard InChI is InChI=1S/C12H16BrN5/c1-14-8-9-4-2-6-17(9)12-15-11-10(13)5-3-7-18(11)16-12/h3,5,7,9,14H,2,4,6,8H2,1H3. The molecule has 1 N–H and O–H groups in total. The number of pyridine rings is 1. The minimum atomic E-state index is 0.506. The highest BCUT2D eigenvalue weighted by atomic mass is 79.9. The summed E-state index contributed by atoms with van der Waals surface area (Å²) in [6, 6.07) is 4.46. The number of nitrogens with one attached hydrogen (secondary N) is 1. The second kappa shape index (κ2) is 4.85. The summed E-state index contributed by atoms with van der Waals surface area (Å²) in [5.74, 6) is 0.833. The van der Waals surface area contributed by atoms with E-state index in [1.54, 1.807) is 0 Å². The van der Waals surface area contributed by atoms with Crippen LogP contribution in [0.2, 0.25) is 0 Å². The van der Waals surface area contributed by atoms with E-state index in [2.05, 4.69) is 36.2 Å². The number of hydrogen-bond acceptors (Lipinski definition) is 4. The van der Waals surface area contributed by atoms with Crippen LogP contribution in [0.4, 0.5) is 5.95 Å². The molecule has 0 aliphatic carbocycles. The molecule has 3 rings (SSSR count). The van der Waals surface area contributed by atoms with Crippen molar-refractivity contribution in [3.05, 3.63) is 22.8 Å². The average molecular weight is 310 g/mol. The van der Waals surface area contributed by atoms with Crippen molar-refractivity contribution in [1.29, 1.82) is 0 Å². The van der Waals surface area contributed by atoms with E-state index >= 15 is 0 Å². The molecule has 0 spiro atoms. The summed E-state index contributed by atoms with van der Waals surface area (Å²) in [6.45, 7) is 2.03. The number of likely N-dealkylation sites (N-methyl/N-ethyl adjacent to an activating group) is 1. The Morgan fingerprint density at radius 2 is 2.44 bits per heavy atom. The third kappa shape index (κ3) is 1.99. The molecule has 1 saturated heterocycles. The van der Waals surface area contributed by atoms with Crippen LogP contribution in [0.3, 0.4) is 0 Å². The van der Waals surface area contributed by atoms with Gasteiger partial charge in [0, 0.05) is 25.3 Å². The Bertz CT molecular complexity index is 552. The van der Waals surface area contributed by atoms with Crippen molar-refractivity contribution in [3.8, 4) is 0 Å². The van der Waals surface area contributed by atoms with Gasteiger partial charge in [0.25, 0.3) is 0 Å². The van der Waals surface area contributed by atoms with Gasteiger partial charge in [0.1, 0.15) is 0 Å². The number of nitrogens with zero attached hydrogens (tertiary/aromatic N) is 4. The molecular weight excluding hydrogens is 294 g/mol. The van der Waals surface area contributed by atoms with Gasteiger partial charge in [-0.05, 0) is 48.0 Å². The number of halogens is 1. The molecule has 0 amide bonds. The Kier molecular flexibility index (Phi) is 3.22. The second-order valence-corrected chi connectivity index (χ2v) is 5.44. The number of aromatic nitrogens is 3. The molecule has 0 saturated carbocycles. The molecule has 1 atom stereocenters. The first-order valence-electron chi connectivity index (χ1n) is 6.22. The second-order valence-electron chi connectivity index (χ2n) is 4.58. The Balaban J connectivity index is 1.96. The van der Waals surface area contributed by atoms with Gasteiger partial charge in [-0.25, -0.2) is 4.52 Å². The van der Waals surface area contributed by atoms with Crippen molar-refractivity contribution in [1.82, 2.24) is 19.9 Å². The van der Waals surface area contributed by atoms with Crippen LogP contribution < -0.4 is 10.2 Å². The largest absolute Gasteiger partial charge is 0.335 e. The highest BCUT2D eigenvalue weighted by Crippen LogP contribution is 2.24. The molecule has 1 aliphatic heterocycles. The molecule has 1 aliphatic rings. The fourth-order valence-electron chi connectivity index (χ4n) is 2.53. The molecule has 2 aromatic rings. The summed E-state index contributed by atoms with van der Waals surface area (Å²) < 4.78 is 2.81. The third-order valence-electron chi connectivity index (χ3n) is 3.38. The summed E-state index contributed by atoms with van der Waals surface area (Å²) >= 11 is 3.51.